The molecule has 10 nitrogen and oxygen atoms in total. The largest absolute Gasteiger partial charge is 0.497 e. The molecule has 1 unspecified atom stereocenters. The summed E-state index contributed by atoms with van der Waals surface area (Å²) in [5, 5.41) is 14.8. The first-order chi connectivity index (χ1) is 20.4. The molecule has 2 amide bonds. The third kappa shape index (κ3) is 6.44. The van der Waals surface area contributed by atoms with E-state index in [2.05, 4.69) is 25.7 Å². The Hall–Kier alpha value is -5.52. The normalized spacial score (nSPS) is 11.5. The second kappa shape index (κ2) is 12.8. The highest BCUT2D eigenvalue weighted by Crippen LogP contribution is 2.29. The van der Waals surface area contributed by atoms with Crippen LogP contribution in [0.5, 0.6) is 5.75 Å². The van der Waals surface area contributed by atoms with Gasteiger partial charge in [-0.05, 0) is 70.9 Å². The number of nitrogens with zero attached hydrogens (tertiary/aromatic N) is 6. The van der Waals surface area contributed by atoms with E-state index in [-0.39, 0.29) is 23.6 Å². The Balaban J connectivity index is 1.47. The second-order valence-corrected chi connectivity index (χ2v) is 9.12. The van der Waals surface area contributed by atoms with E-state index in [9.17, 15) is 18.4 Å². The Labute approximate surface area is 239 Å². The predicted molar refractivity (Wildman–Crippen MR) is 149 cm³/mol. The van der Waals surface area contributed by atoms with Crippen LogP contribution in [0.3, 0.4) is 0 Å². The molecule has 42 heavy (non-hydrogen) atoms. The lowest BCUT2D eigenvalue weighted by atomic mass is 10.0. The highest BCUT2D eigenvalue weighted by atomic mass is 19.1. The number of amides is 2. The molecule has 5 rings (SSSR count). The Bertz CT molecular complexity index is 1680. The molecular formula is C30H25F2N7O3. The van der Waals surface area contributed by atoms with Gasteiger partial charge in [0.2, 0.25) is 11.7 Å². The second-order valence-electron chi connectivity index (χ2n) is 9.12. The van der Waals surface area contributed by atoms with Crippen LogP contribution in [0.4, 0.5) is 14.5 Å². The number of carbonyl (C=O) groups excluding carboxylic acids is 2. The SMILES string of the molecule is COc1ccc(CNC(=O)C(c2ccncc2)N(C(=O)Cn2nnc(-c3ccccc3F)n2)c2cccc(F)c2)cc1. The van der Waals surface area contributed by atoms with Gasteiger partial charge in [-0.25, -0.2) is 8.78 Å². The van der Waals surface area contributed by atoms with Gasteiger partial charge in [0.1, 0.15) is 30.0 Å². The molecule has 3 aromatic carbocycles. The van der Waals surface area contributed by atoms with Crippen molar-refractivity contribution in [3.05, 3.63) is 120 Å². The number of methoxy groups -OCH3 is 1. The molecule has 0 fully saturated rings. The van der Waals surface area contributed by atoms with Crippen LogP contribution in [-0.2, 0) is 22.7 Å². The molecule has 0 aliphatic carbocycles. The van der Waals surface area contributed by atoms with Crippen LogP contribution < -0.4 is 15.0 Å². The fraction of sp³-hybridized carbons (Fsp3) is 0.133. The number of ether oxygens (including phenoxy) is 1. The molecule has 5 aromatic rings. The smallest absolute Gasteiger partial charge is 0.251 e. The number of benzene rings is 3. The summed E-state index contributed by atoms with van der Waals surface area (Å²) in [4.78, 5) is 33.9. The summed E-state index contributed by atoms with van der Waals surface area (Å²) in [5.41, 5.74) is 1.49. The van der Waals surface area contributed by atoms with E-state index in [4.69, 9.17) is 4.74 Å². The molecular weight excluding hydrogens is 544 g/mol. The fourth-order valence-electron chi connectivity index (χ4n) is 4.31. The van der Waals surface area contributed by atoms with Crippen molar-refractivity contribution in [1.29, 1.82) is 0 Å². The summed E-state index contributed by atoms with van der Waals surface area (Å²) in [6.07, 6.45) is 2.99. The molecule has 12 heteroatoms. The van der Waals surface area contributed by atoms with Gasteiger partial charge in [0, 0.05) is 24.6 Å². The van der Waals surface area contributed by atoms with Crippen LogP contribution in [0.15, 0.2) is 97.3 Å². The van der Waals surface area contributed by atoms with Crippen molar-refractivity contribution in [1.82, 2.24) is 30.5 Å². The monoisotopic (exact) mass is 569 g/mol. The van der Waals surface area contributed by atoms with E-state index in [1.807, 2.05) is 0 Å². The van der Waals surface area contributed by atoms with E-state index >= 15 is 0 Å². The number of hydrogen-bond donors (Lipinski definition) is 1. The van der Waals surface area contributed by atoms with Crippen molar-refractivity contribution in [3.8, 4) is 17.1 Å². The topological polar surface area (TPSA) is 115 Å². The van der Waals surface area contributed by atoms with Crippen LogP contribution in [0.2, 0.25) is 0 Å². The first kappa shape index (κ1) is 28.0. The van der Waals surface area contributed by atoms with Crippen LogP contribution in [0.25, 0.3) is 11.4 Å². The van der Waals surface area contributed by atoms with Gasteiger partial charge in [-0.3, -0.25) is 19.5 Å². The molecule has 0 radical (unpaired) electrons. The third-order valence-corrected chi connectivity index (χ3v) is 6.35. The maximum atomic E-state index is 14.4. The van der Waals surface area contributed by atoms with Gasteiger partial charge >= 0.3 is 0 Å². The summed E-state index contributed by atoms with van der Waals surface area (Å²) in [5.74, 6) is -1.65. The Morgan fingerprint density at radius 2 is 1.74 bits per heavy atom. The third-order valence-electron chi connectivity index (χ3n) is 6.35. The highest BCUT2D eigenvalue weighted by Gasteiger charge is 2.33. The molecule has 2 heterocycles. The quantitative estimate of drug-likeness (QED) is 0.269. The Morgan fingerprint density at radius 1 is 0.976 bits per heavy atom. The van der Waals surface area contributed by atoms with Gasteiger partial charge in [-0.2, -0.15) is 4.80 Å². The molecule has 212 valence electrons. The van der Waals surface area contributed by atoms with E-state index < -0.39 is 36.0 Å². The van der Waals surface area contributed by atoms with Crippen molar-refractivity contribution < 1.29 is 23.1 Å². The number of hydrogen-bond acceptors (Lipinski definition) is 7. The summed E-state index contributed by atoms with van der Waals surface area (Å²) >= 11 is 0. The zero-order chi connectivity index (χ0) is 29.5. The molecule has 0 aliphatic heterocycles. The summed E-state index contributed by atoms with van der Waals surface area (Å²) < 4.78 is 33.9. The van der Waals surface area contributed by atoms with Crippen LogP contribution in [-0.4, -0.2) is 44.1 Å². The molecule has 0 saturated carbocycles. The van der Waals surface area contributed by atoms with Crippen molar-refractivity contribution in [2.24, 2.45) is 0 Å². The number of carbonyl (C=O) groups is 2. The maximum absolute atomic E-state index is 14.4. The average molecular weight is 570 g/mol. The van der Waals surface area contributed by atoms with Gasteiger partial charge in [-0.1, -0.05) is 30.3 Å². The van der Waals surface area contributed by atoms with Gasteiger partial charge in [0.05, 0.1) is 12.7 Å². The van der Waals surface area contributed by atoms with Crippen LogP contribution in [0, 0.1) is 11.6 Å². The van der Waals surface area contributed by atoms with E-state index in [0.29, 0.717) is 11.3 Å². The van der Waals surface area contributed by atoms with Crippen molar-refractivity contribution in [2.45, 2.75) is 19.1 Å². The van der Waals surface area contributed by atoms with Gasteiger partial charge in [0.15, 0.2) is 0 Å². The van der Waals surface area contributed by atoms with Gasteiger partial charge in [-0.15, -0.1) is 10.2 Å². The predicted octanol–water partition coefficient (Wildman–Crippen LogP) is 4.11. The molecule has 0 aliphatic rings. The summed E-state index contributed by atoms with van der Waals surface area (Å²) in [7, 11) is 1.56. The van der Waals surface area contributed by atoms with Crippen molar-refractivity contribution in [2.75, 3.05) is 12.0 Å². The number of rotatable bonds is 10. The highest BCUT2D eigenvalue weighted by molar-refractivity contribution is 6.01. The number of aromatic nitrogens is 5. The number of halogens is 2. The lowest BCUT2D eigenvalue weighted by Crippen LogP contribution is -2.45. The number of anilines is 1. The van der Waals surface area contributed by atoms with Crippen molar-refractivity contribution in [3.63, 3.8) is 0 Å². The summed E-state index contributed by atoms with van der Waals surface area (Å²) in [6.45, 7) is -0.308. The minimum atomic E-state index is -1.21. The first-order valence-corrected chi connectivity index (χ1v) is 12.8. The maximum Gasteiger partial charge on any atom is 0.251 e. The van der Waals surface area contributed by atoms with Gasteiger partial charge in [0.25, 0.3) is 5.91 Å². The molecule has 0 spiro atoms. The molecule has 0 saturated heterocycles. The average Bonchev–Trinajstić information content (AvgIpc) is 3.47. The molecule has 2 aromatic heterocycles. The summed E-state index contributed by atoms with van der Waals surface area (Å²) in [6, 6.07) is 20.4. The molecule has 1 N–H and O–H groups in total. The number of pyridine rings is 1. The van der Waals surface area contributed by atoms with E-state index in [1.54, 1.807) is 49.6 Å². The van der Waals surface area contributed by atoms with E-state index in [1.165, 1.54) is 53.7 Å². The van der Waals surface area contributed by atoms with Crippen LogP contribution >= 0.6 is 0 Å². The zero-order valence-electron chi connectivity index (χ0n) is 22.4. The van der Waals surface area contributed by atoms with Crippen molar-refractivity contribution >= 4 is 17.5 Å². The number of tetrazole rings is 1. The fourth-order valence-corrected chi connectivity index (χ4v) is 4.31. The molecule has 0 bridgehead atoms. The minimum absolute atomic E-state index is 0.0128. The number of nitrogens with one attached hydrogen (secondary N) is 1. The molecule has 1 atom stereocenters. The Kier molecular flexibility index (Phi) is 8.52. The Morgan fingerprint density at radius 3 is 2.45 bits per heavy atom. The van der Waals surface area contributed by atoms with E-state index in [0.717, 1.165) is 16.4 Å². The van der Waals surface area contributed by atoms with Gasteiger partial charge < -0.3 is 10.1 Å². The zero-order valence-corrected chi connectivity index (χ0v) is 22.4. The lowest BCUT2D eigenvalue weighted by molar-refractivity contribution is -0.127. The standard InChI is InChI=1S/C30H25F2N7O3/c1-42-24-11-9-20(10-12-24)18-34-30(41)28(21-13-15-33-16-14-21)39(23-6-4-5-22(31)17-23)27(40)19-38-36-29(35-37-38)25-7-2-3-8-26(25)32/h2-17,28H,18-19H2,1H3,(H,34,41). The van der Waals surface area contributed by atoms with Crippen LogP contribution in [0.1, 0.15) is 17.2 Å². The lowest BCUT2D eigenvalue weighted by Gasteiger charge is -2.31. The first-order valence-electron chi connectivity index (χ1n) is 12.8. The minimum Gasteiger partial charge on any atom is -0.497 e.